The normalized spacial score (nSPS) is 17.1. The molecule has 0 bridgehead atoms. The monoisotopic (exact) mass is 220 g/mol. The molecule has 0 spiro atoms. The van der Waals surface area contributed by atoms with Crippen LogP contribution in [0.3, 0.4) is 0 Å². The number of hydrogen-bond donors (Lipinski definition) is 0. The molecule has 76 valence electrons. The van der Waals surface area contributed by atoms with Crippen molar-refractivity contribution in [2.75, 3.05) is 0 Å². The lowest BCUT2D eigenvalue weighted by Crippen LogP contribution is -2.17. The van der Waals surface area contributed by atoms with E-state index in [-0.39, 0.29) is 5.02 Å². The predicted molar refractivity (Wildman–Crippen MR) is 48.0 cm³/mol. The van der Waals surface area contributed by atoms with Crippen LogP contribution >= 0.6 is 11.6 Å². The molecule has 0 nitrogen and oxygen atoms in total. The molecule has 1 saturated carbocycles. The van der Waals surface area contributed by atoms with Crippen LogP contribution in [0.2, 0.25) is 5.02 Å². The Bertz CT molecular complexity index is 358. The Balaban J connectivity index is 2.43. The second-order valence-corrected chi connectivity index (χ2v) is 3.96. The first kappa shape index (κ1) is 9.84. The fraction of sp³-hybridized carbons (Fsp3) is 0.400. The van der Waals surface area contributed by atoms with Gasteiger partial charge in [0.05, 0.1) is 5.56 Å². The fourth-order valence-electron chi connectivity index (χ4n) is 1.42. The van der Waals surface area contributed by atoms with Crippen molar-refractivity contribution >= 4 is 11.6 Å². The van der Waals surface area contributed by atoms with E-state index in [4.69, 9.17) is 11.6 Å². The minimum absolute atomic E-state index is 0.140. The second kappa shape index (κ2) is 3.16. The summed E-state index contributed by atoms with van der Waals surface area (Å²) in [6.07, 6.45) is 0.915. The van der Waals surface area contributed by atoms with Gasteiger partial charge in [-0.05, 0) is 31.0 Å². The number of alkyl halides is 2. The summed E-state index contributed by atoms with van der Waals surface area (Å²) in [6, 6.07) is 3.26. The van der Waals surface area contributed by atoms with E-state index in [0.29, 0.717) is 12.8 Å². The van der Waals surface area contributed by atoms with Crippen molar-refractivity contribution in [3.63, 3.8) is 0 Å². The number of halogens is 4. The summed E-state index contributed by atoms with van der Waals surface area (Å²) >= 11 is 5.55. The highest BCUT2D eigenvalue weighted by Gasteiger charge is 2.49. The van der Waals surface area contributed by atoms with Crippen molar-refractivity contribution in [2.24, 2.45) is 5.92 Å². The molecule has 0 unspecified atom stereocenters. The zero-order valence-electron chi connectivity index (χ0n) is 7.24. The molecular formula is C10H8ClF3. The van der Waals surface area contributed by atoms with Crippen LogP contribution in [0.1, 0.15) is 18.4 Å². The first-order valence-electron chi connectivity index (χ1n) is 4.35. The first-order valence-corrected chi connectivity index (χ1v) is 4.73. The van der Waals surface area contributed by atoms with Gasteiger partial charge in [0.15, 0.2) is 0 Å². The molecule has 1 aliphatic carbocycles. The average molecular weight is 221 g/mol. The lowest BCUT2D eigenvalue weighted by molar-refractivity contribution is -0.0317. The summed E-state index contributed by atoms with van der Waals surface area (Å²) in [6.45, 7) is 0. The molecule has 0 heterocycles. The molecular weight excluding hydrogens is 213 g/mol. The molecule has 0 radical (unpaired) electrons. The zero-order chi connectivity index (χ0) is 10.3. The molecule has 14 heavy (non-hydrogen) atoms. The third-order valence-electron chi connectivity index (χ3n) is 2.38. The quantitative estimate of drug-likeness (QED) is 0.707. The van der Waals surface area contributed by atoms with Gasteiger partial charge in [0.25, 0.3) is 5.92 Å². The van der Waals surface area contributed by atoms with E-state index in [9.17, 15) is 13.2 Å². The molecule has 1 aliphatic rings. The lowest BCUT2D eigenvalue weighted by Gasteiger charge is -2.16. The minimum Gasteiger partial charge on any atom is -0.206 e. The Kier molecular flexibility index (Phi) is 2.22. The first-order chi connectivity index (χ1) is 6.51. The van der Waals surface area contributed by atoms with Gasteiger partial charge < -0.3 is 0 Å². The summed E-state index contributed by atoms with van der Waals surface area (Å²) in [5.74, 6) is -4.67. The smallest absolute Gasteiger partial charge is 0.206 e. The van der Waals surface area contributed by atoms with Crippen LogP contribution in [0.15, 0.2) is 18.2 Å². The topological polar surface area (TPSA) is 0 Å². The van der Waals surface area contributed by atoms with Gasteiger partial charge >= 0.3 is 0 Å². The SMILES string of the molecule is Fc1ccc(Cl)cc1C(F)(F)C1CC1. The van der Waals surface area contributed by atoms with Crippen molar-refractivity contribution in [1.82, 2.24) is 0 Å². The Labute approximate surface area is 84.7 Å². The van der Waals surface area contributed by atoms with Crippen molar-refractivity contribution in [2.45, 2.75) is 18.8 Å². The van der Waals surface area contributed by atoms with Crippen molar-refractivity contribution in [1.29, 1.82) is 0 Å². The van der Waals surface area contributed by atoms with Crippen LogP contribution in [-0.2, 0) is 5.92 Å². The van der Waals surface area contributed by atoms with E-state index in [1.807, 2.05) is 0 Å². The molecule has 0 atom stereocenters. The lowest BCUT2D eigenvalue weighted by atomic mass is 10.0. The molecule has 1 fully saturated rings. The van der Waals surface area contributed by atoms with E-state index in [0.717, 1.165) is 12.1 Å². The molecule has 0 amide bonds. The van der Waals surface area contributed by atoms with E-state index < -0.39 is 23.2 Å². The molecule has 4 heteroatoms. The van der Waals surface area contributed by atoms with Gasteiger partial charge in [-0.3, -0.25) is 0 Å². The van der Waals surface area contributed by atoms with Crippen molar-refractivity contribution < 1.29 is 13.2 Å². The molecule has 2 rings (SSSR count). The molecule has 0 saturated heterocycles. The predicted octanol–water partition coefficient (Wildman–Crippen LogP) is 3.98. The molecule has 1 aromatic carbocycles. The van der Waals surface area contributed by atoms with E-state index >= 15 is 0 Å². The van der Waals surface area contributed by atoms with Crippen molar-refractivity contribution in [3.8, 4) is 0 Å². The Hall–Kier alpha value is -0.700. The summed E-state index contributed by atoms with van der Waals surface area (Å²) < 4.78 is 40.1. The van der Waals surface area contributed by atoms with Crippen LogP contribution in [0.5, 0.6) is 0 Å². The van der Waals surface area contributed by atoms with Gasteiger partial charge in [0.2, 0.25) is 0 Å². The van der Waals surface area contributed by atoms with Gasteiger partial charge in [-0.1, -0.05) is 11.6 Å². The third kappa shape index (κ3) is 1.61. The second-order valence-electron chi connectivity index (χ2n) is 3.52. The van der Waals surface area contributed by atoms with Gasteiger partial charge in [-0.2, -0.15) is 0 Å². The maximum Gasteiger partial charge on any atom is 0.278 e. The Morgan fingerprint density at radius 3 is 2.50 bits per heavy atom. The zero-order valence-corrected chi connectivity index (χ0v) is 7.99. The molecule has 0 aliphatic heterocycles. The van der Waals surface area contributed by atoms with Gasteiger partial charge in [-0.25, -0.2) is 13.2 Å². The van der Waals surface area contributed by atoms with Gasteiger partial charge in [-0.15, -0.1) is 0 Å². The van der Waals surface area contributed by atoms with Crippen LogP contribution in [-0.4, -0.2) is 0 Å². The van der Waals surface area contributed by atoms with Gasteiger partial charge in [0, 0.05) is 10.9 Å². The fourth-order valence-corrected chi connectivity index (χ4v) is 1.59. The Morgan fingerprint density at radius 1 is 1.29 bits per heavy atom. The largest absolute Gasteiger partial charge is 0.278 e. The summed E-state index contributed by atoms with van der Waals surface area (Å²) in [7, 11) is 0. The third-order valence-corrected chi connectivity index (χ3v) is 2.61. The standard InChI is InChI=1S/C10H8ClF3/c11-7-3-4-9(12)8(5-7)10(13,14)6-1-2-6/h3-6H,1-2H2. The highest BCUT2D eigenvalue weighted by Crippen LogP contribution is 2.50. The van der Waals surface area contributed by atoms with Crippen LogP contribution in [0.25, 0.3) is 0 Å². The summed E-state index contributed by atoms with van der Waals surface area (Å²) in [4.78, 5) is 0. The highest BCUT2D eigenvalue weighted by atomic mass is 35.5. The highest BCUT2D eigenvalue weighted by molar-refractivity contribution is 6.30. The molecule has 1 aromatic rings. The maximum atomic E-state index is 13.5. The summed E-state index contributed by atoms with van der Waals surface area (Å²) in [5, 5.41) is 0.140. The van der Waals surface area contributed by atoms with E-state index in [1.54, 1.807) is 0 Å². The number of rotatable bonds is 2. The Morgan fingerprint density at radius 2 is 1.93 bits per heavy atom. The number of hydrogen-bond acceptors (Lipinski definition) is 0. The number of benzene rings is 1. The van der Waals surface area contributed by atoms with Gasteiger partial charge in [0.1, 0.15) is 5.82 Å². The minimum atomic E-state index is -3.07. The average Bonchev–Trinajstić information content (AvgIpc) is 2.91. The molecule has 0 N–H and O–H groups in total. The maximum absolute atomic E-state index is 13.5. The van der Waals surface area contributed by atoms with E-state index in [2.05, 4.69) is 0 Å². The van der Waals surface area contributed by atoms with E-state index in [1.165, 1.54) is 6.07 Å². The van der Waals surface area contributed by atoms with Crippen molar-refractivity contribution in [3.05, 3.63) is 34.6 Å². The van der Waals surface area contributed by atoms with Crippen LogP contribution in [0.4, 0.5) is 13.2 Å². The van der Waals surface area contributed by atoms with Crippen LogP contribution in [0, 0.1) is 11.7 Å². The van der Waals surface area contributed by atoms with Crippen LogP contribution < -0.4 is 0 Å². The molecule has 0 aromatic heterocycles. The summed E-state index contributed by atoms with van der Waals surface area (Å²) in [5.41, 5.74) is -0.576.